The summed E-state index contributed by atoms with van der Waals surface area (Å²) >= 11 is 0. The molecule has 3 N–H and O–H groups in total. The number of nitrogens with zero attached hydrogens (tertiary/aromatic N) is 3. The molecule has 158 valence electrons. The number of aryl methyl sites for hydroxylation is 2. The van der Waals surface area contributed by atoms with Crippen LogP contribution in [0.5, 0.6) is 11.5 Å². The van der Waals surface area contributed by atoms with Crippen molar-refractivity contribution in [2.24, 2.45) is 4.99 Å². The summed E-state index contributed by atoms with van der Waals surface area (Å²) < 4.78 is 7.14. The van der Waals surface area contributed by atoms with Crippen LogP contribution >= 0.6 is 0 Å². The van der Waals surface area contributed by atoms with Gasteiger partial charge in [-0.1, -0.05) is 30.3 Å². The third kappa shape index (κ3) is 4.92. The van der Waals surface area contributed by atoms with Gasteiger partial charge in [-0.2, -0.15) is 5.10 Å². The van der Waals surface area contributed by atoms with Crippen molar-refractivity contribution < 1.29 is 9.84 Å². The van der Waals surface area contributed by atoms with Crippen LogP contribution < -0.4 is 15.4 Å². The van der Waals surface area contributed by atoms with Crippen molar-refractivity contribution in [3.63, 3.8) is 0 Å². The fraction of sp³-hybridized carbons (Fsp3) is 0.304. The number of para-hydroxylation sites is 2. The third-order valence-electron chi connectivity index (χ3n) is 4.73. The van der Waals surface area contributed by atoms with Crippen LogP contribution in [0.1, 0.15) is 29.4 Å². The number of hydrogen-bond acceptors (Lipinski definition) is 4. The third-order valence-corrected chi connectivity index (χ3v) is 4.73. The summed E-state index contributed by atoms with van der Waals surface area (Å²) in [6.45, 7) is 7.71. The van der Waals surface area contributed by atoms with Crippen LogP contribution in [0.4, 0.5) is 0 Å². The lowest BCUT2D eigenvalue weighted by molar-refractivity contribution is 0.370. The van der Waals surface area contributed by atoms with Crippen LogP contribution in [-0.4, -0.2) is 34.5 Å². The zero-order valence-electron chi connectivity index (χ0n) is 17.9. The molecule has 0 aliphatic carbocycles. The van der Waals surface area contributed by atoms with Gasteiger partial charge in [0.15, 0.2) is 17.5 Å². The quantitative estimate of drug-likeness (QED) is 0.413. The average Bonchev–Trinajstić information content (AvgIpc) is 3.09. The molecule has 0 aliphatic rings. The molecule has 3 rings (SSSR count). The Balaban J connectivity index is 1.77. The fourth-order valence-electron chi connectivity index (χ4n) is 3.28. The monoisotopic (exact) mass is 407 g/mol. The lowest BCUT2D eigenvalue weighted by atomic mass is 10.1. The van der Waals surface area contributed by atoms with Gasteiger partial charge in [-0.3, -0.25) is 0 Å². The van der Waals surface area contributed by atoms with Gasteiger partial charge in [-0.15, -0.1) is 0 Å². The van der Waals surface area contributed by atoms with Crippen LogP contribution in [0.2, 0.25) is 0 Å². The number of aromatic hydroxyl groups is 1. The van der Waals surface area contributed by atoms with Crippen molar-refractivity contribution in [1.82, 2.24) is 20.4 Å². The van der Waals surface area contributed by atoms with E-state index in [1.807, 2.05) is 42.8 Å². The molecule has 7 heteroatoms. The van der Waals surface area contributed by atoms with Gasteiger partial charge in [0, 0.05) is 24.3 Å². The summed E-state index contributed by atoms with van der Waals surface area (Å²) in [5, 5.41) is 21.5. The Morgan fingerprint density at radius 2 is 1.87 bits per heavy atom. The molecule has 0 saturated carbocycles. The minimum absolute atomic E-state index is 0.120. The number of nitrogens with one attached hydrogen (secondary N) is 2. The Labute approximate surface area is 177 Å². The standard InChI is InChI=1S/C23H29N5O2/c1-5-24-23(26-15-19-10-8-12-21(30-4)22(19)29)25-14-18-9-6-7-11-20(18)28-17(3)13-16(2)27-28/h6-13,29H,5,14-15H2,1-4H3,(H2,24,25,26). The highest BCUT2D eigenvalue weighted by atomic mass is 16.5. The van der Waals surface area contributed by atoms with E-state index < -0.39 is 0 Å². The second-order valence-electron chi connectivity index (χ2n) is 6.98. The number of rotatable bonds is 7. The van der Waals surface area contributed by atoms with E-state index in [1.165, 1.54) is 7.11 Å². The van der Waals surface area contributed by atoms with Gasteiger partial charge in [0.1, 0.15) is 0 Å². The largest absolute Gasteiger partial charge is 0.504 e. The van der Waals surface area contributed by atoms with Gasteiger partial charge >= 0.3 is 0 Å². The second-order valence-corrected chi connectivity index (χ2v) is 6.98. The van der Waals surface area contributed by atoms with Crippen molar-refractivity contribution >= 4 is 5.96 Å². The van der Waals surface area contributed by atoms with Crippen molar-refractivity contribution in [1.29, 1.82) is 0 Å². The molecule has 0 atom stereocenters. The Morgan fingerprint density at radius 3 is 2.57 bits per heavy atom. The van der Waals surface area contributed by atoms with Gasteiger partial charge in [0.05, 0.1) is 25.0 Å². The molecule has 7 nitrogen and oxygen atoms in total. The Kier molecular flexibility index (Phi) is 6.95. The summed E-state index contributed by atoms with van der Waals surface area (Å²) in [5.41, 5.74) is 4.93. The van der Waals surface area contributed by atoms with E-state index in [0.29, 0.717) is 30.4 Å². The van der Waals surface area contributed by atoms with E-state index >= 15 is 0 Å². The maximum Gasteiger partial charge on any atom is 0.191 e. The van der Waals surface area contributed by atoms with Crippen molar-refractivity contribution in [2.45, 2.75) is 33.9 Å². The number of aromatic nitrogens is 2. The molecular formula is C23H29N5O2. The normalized spacial score (nSPS) is 11.4. The molecule has 0 spiro atoms. The van der Waals surface area contributed by atoms with Crippen LogP contribution in [0.25, 0.3) is 5.69 Å². The molecule has 3 aromatic rings. The SMILES string of the molecule is CCNC(=NCc1cccc(OC)c1O)NCc1ccccc1-n1nc(C)cc1C. The number of hydrogen-bond donors (Lipinski definition) is 3. The first-order chi connectivity index (χ1) is 14.5. The summed E-state index contributed by atoms with van der Waals surface area (Å²) in [4.78, 5) is 4.62. The van der Waals surface area contributed by atoms with E-state index in [1.54, 1.807) is 6.07 Å². The zero-order valence-corrected chi connectivity index (χ0v) is 17.9. The molecule has 0 unspecified atom stereocenters. The smallest absolute Gasteiger partial charge is 0.191 e. The number of methoxy groups -OCH3 is 1. The number of aliphatic imine (C=N–C) groups is 1. The molecule has 1 aromatic heterocycles. The molecule has 0 fully saturated rings. The van der Waals surface area contributed by atoms with E-state index in [-0.39, 0.29) is 5.75 Å². The lowest BCUT2D eigenvalue weighted by Crippen LogP contribution is -2.37. The van der Waals surface area contributed by atoms with Gasteiger partial charge in [0.25, 0.3) is 0 Å². The summed E-state index contributed by atoms with van der Waals surface area (Å²) in [6.07, 6.45) is 0. The number of phenolic OH excluding ortho intramolecular Hbond substituents is 1. The van der Waals surface area contributed by atoms with Gasteiger partial charge in [-0.25, -0.2) is 9.67 Å². The number of benzene rings is 2. The molecule has 0 aliphatic heterocycles. The van der Waals surface area contributed by atoms with Crippen molar-refractivity contribution in [3.05, 3.63) is 71.0 Å². The highest BCUT2D eigenvalue weighted by Gasteiger charge is 2.10. The van der Waals surface area contributed by atoms with Crippen molar-refractivity contribution in [3.8, 4) is 17.2 Å². The Hall–Kier alpha value is -3.48. The first kappa shape index (κ1) is 21.2. The zero-order chi connectivity index (χ0) is 21.5. The second kappa shape index (κ2) is 9.82. The molecule has 2 aromatic carbocycles. The first-order valence-corrected chi connectivity index (χ1v) is 10.0. The average molecular weight is 408 g/mol. The predicted molar refractivity (Wildman–Crippen MR) is 119 cm³/mol. The van der Waals surface area contributed by atoms with Crippen LogP contribution in [0.15, 0.2) is 53.5 Å². The lowest BCUT2D eigenvalue weighted by Gasteiger charge is -2.15. The van der Waals surface area contributed by atoms with Gasteiger partial charge in [-0.05, 0) is 44.5 Å². The first-order valence-electron chi connectivity index (χ1n) is 10.0. The Morgan fingerprint density at radius 1 is 1.10 bits per heavy atom. The van der Waals surface area contributed by atoms with Crippen LogP contribution in [0.3, 0.4) is 0 Å². The summed E-state index contributed by atoms with van der Waals surface area (Å²) in [5.74, 6) is 1.23. The molecule has 0 saturated heterocycles. The number of phenols is 1. The molecule has 0 radical (unpaired) electrons. The van der Waals surface area contributed by atoms with Crippen molar-refractivity contribution in [2.75, 3.05) is 13.7 Å². The molecule has 0 amide bonds. The van der Waals surface area contributed by atoms with Gasteiger partial charge in [0.2, 0.25) is 0 Å². The minimum atomic E-state index is 0.120. The molecule has 30 heavy (non-hydrogen) atoms. The Bertz CT molecular complexity index is 1030. The fourth-order valence-corrected chi connectivity index (χ4v) is 3.28. The van der Waals surface area contributed by atoms with E-state index in [4.69, 9.17) is 4.74 Å². The predicted octanol–water partition coefficient (Wildman–Crippen LogP) is 3.46. The molecule has 1 heterocycles. The summed E-state index contributed by atoms with van der Waals surface area (Å²) in [7, 11) is 1.54. The molecular weight excluding hydrogens is 378 g/mol. The minimum Gasteiger partial charge on any atom is -0.504 e. The highest BCUT2D eigenvalue weighted by molar-refractivity contribution is 5.79. The maximum absolute atomic E-state index is 10.3. The van der Waals surface area contributed by atoms with E-state index in [9.17, 15) is 5.11 Å². The highest BCUT2D eigenvalue weighted by Crippen LogP contribution is 2.29. The summed E-state index contributed by atoms with van der Waals surface area (Å²) in [6, 6.07) is 15.6. The number of guanidine groups is 1. The topological polar surface area (TPSA) is 83.7 Å². The van der Waals surface area contributed by atoms with Crippen LogP contribution in [0, 0.1) is 13.8 Å². The maximum atomic E-state index is 10.3. The van der Waals surface area contributed by atoms with Gasteiger partial charge < -0.3 is 20.5 Å². The number of ether oxygens (including phenoxy) is 1. The van der Waals surface area contributed by atoms with E-state index in [2.05, 4.69) is 45.8 Å². The van der Waals surface area contributed by atoms with Crippen LogP contribution in [-0.2, 0) is 13.1 Å². The molecule has 0 bridgehead atoms. The van der Waals surface area contributed by atoms with E-state index in [0.717, 1.165) is 29.2 Å².